The minimum atomic E-state index is -1.12. The van der Waals surface area contributed by atoms with E-state index in [1.807, 2.05) is 0 Å². The number of β-amino-alcohol motifs (C(OH)–C–C–N with tert-alkyl or cyclic N) is 1. The van der Waals surface area contributed by atoms with E-state index in [1.165, 1.54) is 4.90 Å². The van der Waals surface area contributed by atoms with Gasteiger partial charge in [0.2, 0.25) is 0 Å². The zero-order valence-electron chi connectivity index (χ0n) is 9.88. The average Bonchev–Trinajstić information content (AvgIpc) is 2.32. The summed E-state index contributed by atoms with van der Waals surface area (Å²) in [6, 6.07) is 5.18. The standard InChI is InChI=1S/C12H12BrNO5/c13-7-1-2-10-9(3-7)14(11(16)6-19-10)5-8(15)4-12(17)18/h1-3,8,15H,4-6H2,(H,17,18). The number of amides is 1. The predicted octanol–water partition coefficient (Wildman–Crippen LogP) is 1.01. The van der Waals surface area contributed by atoms with Gasteiger partial charge in [0.05, 0.1) is 24.8 Å². The summed E-state index contributed by atoms with van der Waals surface area (Å²) in [6.45, 7) is -0.188. The maximum atomic E-state index is 11.8. The zero-order chi connectivity index (χ0) is 14.0. The van der Waals surface area contributed by atoms with Crippen molar-refractivity contribution in [2.75, 3.05) is 18.1 Å². The van der Waals surface area contributed by atoms with Gasteiger partial charge in [0.25, 0.3) is 5.91 Å². The highest BCUT2D eigenvalue weighted by Gasteiger charge is 2.28. The van der Waals surface area contributed by atoms with Crippen LogP contribution in [0.5, 0.6) is 5.75 Å². The first-order valence-electron chi connectivity index (χ1n) is 5.60. The Morgan fingerprint density at radius 1 is 1.53 bits per heavy atom. The number of ether oxygens (including phenoxy) is 1. The van der Waals surface area contributed by atoms with E-state index in [0.717, 1.165) is 4.47 Å². The molecule has 2 rings (SSSR count). The Hall–Kier alpha value is -1.60. The highest BCUT2D eigenvalue weighted by Crippen LogP contribution is 2.34. The number of aliphatic carboxylic acids is 1. The number of aliphatic hydroxyl groups excluding tert-OH is 1. The molecule has 0 bridgehead atoms. The molecule has 1 amide bonds. The third kappa shape index (κ3) is 3.24. The maximum absolute atomic E-state index is 11.8. The molecule has 1 unspecified atom stereocenters. The van der Waals surface area contributed by atoms with E-state index < -0.39 is 18.5 Å². The van der Waals surface area contributed by atoms with Gasteiger partial charge in [0.15, 0.2) is 6.61 Å². The smallest absolute Gasteiger partial charge is 0.306 e. The molecule has 0 aliphatic carbocycles. The van der Waals surface area contributed by atoms with Crippen LogP contribution in [0.25, 0.3) is 0 Å². The van der Waals surface area contributed by atoms with Crippen LogP contribution < -0.4 is 9.64 Å². The van der Waals surface area contributed by atoms with Gasteiger partial charge in [-0.2, -0.15) is 0 Å². The van der Waals surface area contributed by atoms with Crippen molar-refractivity contribution in [2.45, 2.75) is 12.5 Å². The summed E-state index contributed by atoms with van der Waals surface area (Å²) in [5, 5.41) is 18.3. The Labute approximate surface area is 117 Å². The Morgan fingerprint density at radius 3 is 2.95 bits per heavy atom. The molecule has 7 heteroatoms. The average molecular weight is 330 g/mol. The largest absolute Gasteiger partial charge is 0.482 e. The molecule has 1 atom stereocenters. The lowest BCUT2D eigenvalue weighted by Gasteiger charge is -2.30. The molecule has 0 aromatic heterocycles. The molecule has 19 heavy (non-hydrogen) atoms. The highest BCUT2D eigenvalue weighted by molar-refractivity contribution is 9.10. The van der Waals surface area contributed by atoms with Gasteiger partial charge in [-0.3, -0.25) is 9.59 Å². The van der Waals surface area contributed by atoms with E-state index in [0.29, 0.717) is 11.4 Å². The first-order valence-corrected chi connectivity index (χ1v) is 6.39. The van der Waals surface area contributed by atoms with Crippen LogP contribution in [0, 0.1) is 0 Å². The first-order chi connectivity index (χ1) is 8.97. The minimum absolute atomic E-state index is 0.0715. The van der Waals surface area contributed by atoms with Crippen LogP contribution in [0.4, 0.5) is 5.69 Å². The summed E-state index contributed by atoms with van der Waals surface area (Å²) in [5.74, 6) is -0.886. The van der Waals surface area contributed by atoms with E-state index in [9.17, 15) is 14.7 Å². The lowest BCUT2D eigenvalue weighted by Crippen LogP contribution is -2.43. The molecular formula is C12H12BrNO5. The van der Waals surface area contributed by atoms with Crippen molar-refractivity contribution in [3.63, 3.8) is 0 Å². The maximum Gasteiger partial charge on any atom is 0.306 e. The number of anilines is 1. The van der Waals surface area contributed by atoms with Gasteiger partial charge in [-0.15, -0.1) is 0 Å². The van der Waals surface area contributed by atoms with Crippen molar-refractivity contribution in [3.8, 4) is 5.75 Å². The van der Waals surface area contributed by atoms with Gasteiger partial charge in [0.1, 0.15) is 5.75 Å². The number of aliphatic hydroxyl groups is 1. The Kier molecular flexibility index (Phi) is 4.06. The zero-order valence-corrected chi connectivity index (χ0v) is 11.5. The van der Waals surface area contributed by atoms with Gasteiger partial charge < -0.3 is 19.8 Å². The number of carbonyl (C=O) groups excluding carboxylic acids is 1. The second-order valence-electron chi connectivity index (χ2n) is 4.16. The van der Waals surface area contributed by atoms with Crippen molar-refractivity contribution in [3.05, 3.63) is 22.7 Å². The van der Waals surface area contributed by atoms with Gasteiger partial charge >= 0.3 is 5.97 Å². The number of nitrogens with zero attached hydrogens (tertiary/aromatic N) is 1. The van der Waals surface area contributed by atoms with E-state index in [1.54, 1.807) is 18.2 Å². The molecule has 1 aromatic carbocycles. The van der Waals surface area contributed by atoms with Crippen molar-refractivity contribution in [1.82, 2.24) is 0 Å². The molecule has 2 N–H and O–H groups in total. The van der Waals surface area contributed by atoms with Gasteiger partial charge in [-0.25, -0.2) is 0 Å². The Bertz CT molecular complexity index is 519. The number of hydrogen-bond donors (Lipinski definition) is 2. The fourth-order valence-electron chi connectivity index (χ4n) is 1.85. The van der Waals surface area contributed by atoms with Crippen molar-refractivity contribution < 1.29 is 24.5 Å². The SMILES string of the molecule is O=C(O)CC(O)CN1C(=O)COc2ccc(Br)cc21. The van der Waals surface area contributed by atoms with Crippen LogP contribution in [-0.4, -0.2) is 41.3 Å². The van der Waals surface area contributed by atoms with Gasteiger partial charge in [-0.05, 0) is 18.2 Å². The molecule has 0 fully saturated rings. The van der Waals surface area contributed by atoms with Crippen molar-refractivity contribution in [1.29, 1.82) is 0 Å². The summed E-state index contributed by atoms with van der Waals surface area (Å²) >= 11 is 3.29. The molecule has 1 heterocycles. The lowest BCUT2D eigenvalue weighted by molar-refractivity contribution is -0.139. The van der Waals surface area contributed by atoms with Crippen LogP contribution in [0.2, 0.25) is 0 Å². The van der Waals surface area contributed by atoms with Crippen LogP contribution >= 0.6 is 15.9 Å². The summed E-state index contributed by atoms with van der Waals surface area (Å²) in [5.41, 5.74) is 0.523. The van der Waals surface area contributed by atoms with E-state index in [-0.39, 0.29) is 19.1 Å². The van der Waals surface area contributed by atoms with Crippen LogP contribution in [-0.2, 0) is 9.59 Å². The summed E-state index contributed by atoms with van der Waals surface area (Å²) in [6.07, 6.45) is -1.53. The highest BCUT2D eigenvalue weighted by atomic mass is 79.9. The first kappa shape index (κ1) is 13.8. The topological polar surface area (TPSA) is 87.1 Å². The number of carboxylic acid groups (broad SMARTS) is 1. The number of carbonyl (C=O) groups is 2. The molecular weight excluding hydrogens is 318 g/mol. The third-order valence-electron chi connectivity index (χ3n) is 2.67. The molecule has 0 saturated carbocycles. The van der Waals surface area contributed by atoms with Crippen LogP contribution in [0.1, 0.15) is 6.42 Å². The third-order valence-corrected chi connectivity index (χ3v) is 3.16. The molecule has 6 nitrogen and oxygen atoms in total. The number of benzene rings is 1. The monoisotopic (exact) mass is 329 g/mol. The molecule has 1 aliphatic rings. The van der Waals surface area contributed by atoms with Crippen molar-refractivity contribution >= 4 is 33.5 Å². The second kappa shape index (κ2) is 5.58. The Morgan fingerprint density at radius 2 is 2.26 bits per heavy atom. The molecule has 102 valence electrons. The van der Waals surface area contributed by atoms with Gasteiger partial charge in [-0.1, -0.05) is 15.9 Å². The fourth-order valence-corrected chi connectivity index (χ4v) is 2.20. The number of fused-ring (bicyclic) bond motifs is 1. The number of hydrogen-bond acceptors (Lipinski definition) is 4. The summed E-state index contributed by atoms with van der Waals surface area (Å²) in [7, 11) is 0. The molecule has 0 radical (unpaired) electrons. The molecule has 0 spiro atoms. The molecule has 0 saturated heterocycles. The number of carboxylic acids is 1. The quantitative estimate of drug-likeness (QED) is 0.860. The normalized spacial score (nSPS) is 15.7. The summed E-state index contributed by atoms with van der Waals surface area (Å²) in [4.78, 5) is 23.7. The Balaban J connectivity index is 2.22. The minimum Gasteiger partial charge on any atom is -0.482 e. The predicted molar refractivity (Wildman–Crippen MR) is 70.2 cm³/mol. The molecule has 1 aliphatic heterocycles. The van der Waals surface area contributed by atoms with E-state index in [2.05, 4.69) is 15.9 Å². The second-order valence-corrected chi connectivity index (χ2v) is 5.07. The van der Waals surface area contributed by atoms with Crippen LogP contribution in [0.3, 0.4) is 0 Å². The van der Waals surface area contributed by atoms with E-state index in [4.69, 9.17) is 9.84 Å². The van der Waals surface area contributed by atoms with E-state index >= 15 is 0 Å². The van der Waals surface area contributed by atoms with Crippen LogP contribution in [0.15, 0.2) is 22.7 Å². The summed E-state index contributed by atoms with van der Waals surface area (Å²) < 4.78 is 6.04. The lowest BCUT2D eigenvalue weighted by atomic mass is 10.2. The fraction of sp³-hybridized carbons (Fsp3) is 0.333. The number of halogens is 1. The number of rotatable bonds is 4. The van der Waals surface area contributed by atoms with Crippen molar-refractivity contribution in [2.24, 2.45) is 0 Å². The van der Waals surface area contributed by atoms with Gasteiger partial charge in [0, 0.05) is 4.47 Å². The molecule has 1 aromatic rings.